The quantitative estimate of drug-likeness (QED) is 0.852. The number of ether oxygens (including phenoxy) is 1. The zero-order chi connectivity index (χ0) is 13.1. The molecule has 0 radical (unpaired) electrons. The minimum Gasteiger partial charge on any atom is -0.489 e. The molecule has 2 rings (SSSR count). The van der Waals surface area contributed by atoms with Gasteiger partial charge in [0.15, 0.2) is 11.6 Å². The smallest absolute Gasteiger partial charge is 0.162 e. The highest BCUT2D eigenvalue weighted by Gasteiger charge is 2.05. The molecule has 0 spiro atoms. The van der Waals surface area contributed by atoms with Gasteiger partial charge in [0.1, 0.15) is 18.2 Å². The van der Waals surface area contributed by atoms with E-state index >= 15 is 0 Å². The van der Waals surface area contributed by atoms with Crippen LogP contribution in [0.2, 0.25) is 0 Å². The monoisotopic (exact) mass is 253 g/mol. The molecule has 0 aliphatic rings. The average Bonchev–Trinajstić information content (AvgIpc) is 2.32. The van der Waals surface area contributed by atoms with E-state index in [2.05, 4.69) is 0 Å². The topological polar surface area (TPSA) is 35.2 Å². The Balaban J connectivity index is 2.09. The highest BCUT2D eigenvalue weighted by Crippen LogP contribution is 2.19. The van der Waals surface area contributed by atoms with Gasteiger partial charge in [-0.2, -0.15) is 0 Å². The molecule has 2 aromatic carbocycles. The largest absolute Gasteiger partial charge is 0.489 e. The van der Waals surface area contributed by atoms with Gasteiger partial charge in [0, 0.05) is 17.3 Å². The molecule has 2 N–H and O–H groups in total. The number of benzene rings is 2. The summed E-state index contributed by atoms with van der Waals surface area (Å²) in [5.74, 6) is -2.19. The standard InChI is InChI=1S/C13H10F3NO/c14-9-2-1-8(13(17)5-9)7-18-10-3-4-11(15)12(16)6-10/h1-6H,7,17H2. The first-order valence-corrected chi connectivity index (χ1v) is 5.18. The Morgan fingerprint density at radius 3 is 2.39 bits per heavy atom. The molecule has 0 amide bonds. The lowest BCUT2D eigenvalue weighted by molar-refractivity contribution is 0.304. The molecule has 0 heterocycles. The van der Waals surface area contributed by atoms with Crippen LogP contribution < -0.4 is 10.5 Å². The summed E-state index contributed by atoms with van der Waals surface area (Å²) in [7, 11) is 0. The number of halogens is 3. The molecule has 0 fully saturated rings. The fourth-order valence-electron chi connectivity index (χ4n) is 1.42. The molecule has 0 saturated carbocycles. The van der Waals surface area contributed by atoms with Gasteiger partial charge in [0.25, 0.3) is 0 Å². The van der Waals surface area contributed by atoms with Crippen LogP contribution in [-0.2, 0) is 6.61 Å². The fourth-order valence-corrected chi connectivity index (χ4v) is 1.42. The molecule has 0 atom stereocenters. The van der Waals surface area contributed by atoms with Crippen molar-refractivity contribution in [3.8, 4) is 5.75 Å². The van der Waals surface area contributed by atoms with Crippen molar-refractivity contribution in [2.24, 2.45) is 0 Å². The van der Waals surface area contributed by atoms with E-state index in [1.54, 1.807) is 0 Å². The minimum absolute atomic E-state index is 0.0528. The third-order valence-corrected chi connectivity index (χ3v) is 2.39. The summed E-state index contributed by atoms with van der Waals surface area (Å²) in [6.07, 6.45) is 0. The highest BCUT2D eigenvalue weighted by atomic mass is 19.2. The van der Waals surface area contributed by atoms with Crippen molar-refractivity contribution in [1.82, 2.24) is 0 Å². The second-order valence-electron chi connectivity index (χ2n) is 3.71. The second-order valence-corrected chi connectivity index (χ2v) is 3.71. The van der Waals surface area contributed by atoms with Gasteiger partial charge in [-0.05, 0) is 24.3 Å². The van der Waals surface area contributed by atoms with Crippen molar-refractivity contribution in [2.75, 3.05) is 5.73 Å². The summed E-state index contributed by atoms with van der Waals surface area (Å²) >= 11 is 0. The first kappa shape index (κ1) is 12.3. The van der Waals surface area contributed by atoms with Crippen LogP contribution in [0.3, 0.4) is 0 Å². The molecular formula is C13H10F3NO. The van der Waals surface area contributed by atoms with Gasteiger partial charge < -0.3 is 10.5 Å². The molecule has 0 saturated heterocycles. The van der Waals surface area contributed by atoms with E-state index in [-0.39, 0.29) is 18.0 Å². The number of hydrogen-bond acceptors (Lipinski definition) is 2. The molecule has 18 heavy (non-hydrogen) atoms. The Hall–Kier alpha value is -2.17. The van der Waals surface area contributed by atoms with Crippen molar-refractivity contribution >= 4 is 5.69 Å². The molecule has 0 aromatic heterocycles. The lowest BCUT2D eigenvalue weighted by atomic mass is 10.2. The zero-order valence-corrected chi connectivity index (χ0v) is 9.29. The maximum Gasteiger partial charge on any atom is 0.162 e. The maximum absolute atomic E-state index is 12.9. The molecule has 5 heteroatoms. The Morgan fingerprint density at radius 2 is 1.72 bits per heavy atom. The summed E-state index contributed by atoms with van der Waals surface area (Å²) in [5.41, 5.74) is 6.40. The molecule has 0 aliphatic heterocycles. The highest BCUT2D eigenvalue weighted by molar-refractivity contribution is 5.46. The van der Waals surface area contributed by atoms with E-state index in [0.29, 0.717) is 5.56 Å². The molecule has 2 nitrogen and oxygen atoms in total. The van der Waals surface area contributed by atoms with Crippen LogP contribution in [0.25, 0.3) is 0 Å². The number of anilines is 1. The summed E-state index contributed by atoms with van der Waals surface area (Å²) in [5, 5.41) is 0. The van der Waals surface area contributed by atoms with Gasteiger partial charge in [0.05, 0.1) is 0 Å². The summed E-state index contributed by atoms with van der Waals surface area (Å²) in [4.78, 5) is 0. The number of rotatable bonds is 3. The second kappa shape index (κ2) is 5.00. The van der Waals surface area contributed by atoms with Crippen LogP contribution in [-0.4, -0.2) is 0 Å². The fraction of sp³-hybridized carbons (Fsp3) is 0.0769. The molecule has 0 bridgehead atoms. The van der Waals surface area contributed by atoms with Crippen molar-refractivity contribution in [1.29, 1.82) is 0 Å². The molecular weight excluding hydrogens is 243 g/mol. The van der Waals surface area contributed by atoms with Crippen molar-refractivity contribution < 1.29 is 17.9 Å². The average molecular weight is 253 g/mol. The Bertz CT molecular complexity index is 572. The van der Waals surface area contributed by atoms with Gasteiger partial charge in [0.2, 0.25) is 0 Å². The molecule has 2 aromatic rings. The zero-order valence-electron chi connectivity index (χ0n) is 9.29. The predicted octanol–water partition coefficient (Wildman–Crippen LogP) is 3.27. The van der Waals surface area contributed by atoms with Crippen LogP contribution in [0.5, 0.6) is 5.75 Å². The third-order valence-electron chi connectivity index (χ3n) is 2.39. The van der Waals surface area contributed by atoms with Crippen LogP contribution in [0.4, 0.5) is 18.9 Å². The van der Waals surface area contributed by atoms with E-state index in [9.17, 15) is 13.2 Å². The number of nitrogen functional groups attached to an aromatic ring is 1. The van der Waals surface area contributed by atoms with Crippen molar-refractivity contribution in [2.45, 2.75) is 6.61 Å². The first-order valence-electron chi connectivity index (χ1n) is 5.18. The molecule has 94 valence electrons. The van der Waals surface area contributed by atoms with E-state index in [4.69, 9.17) is 10.5 Å². The predicted molar refractivity (Wildman–Crippen MR) is 61.5 cm³/mol. The normalized spacial score (nSPS) is 10.4. The Morgan fingerprint density at radius 1 is 0.944 bits per heavy atom. The van der Waals surface area contributed by atoms with E-state index in [0.717, 1.165) is 12.1 Å². The Labute approximate surface area is 102 Å². The van der Waals surface area contributed by atoms with E-state index < -0.39 is 17.5 Å². The van der Waals surface area contributed by atoms with Gasteiger partial charge in [-0.15, -0.1) is 0 Å². The van der Waals surface area contributed by atoms with Crippen LogP contribution in [0.15, 0.2) is 36.4 Å². The summed E-state index contributed by atoms with van der Waals surface area (Å²) < 4.78 is 43.6. The van der Waals surface area contributed by atoms with E-state index in [1.165, 1.54) is 24.3 Å². The molecule has 0 aliphatic carbocycles. The van der Waals surface area contributed by atoms with Crippen molar-refractivity contribution in [3.63, 3.8) is 0 Å². The van der Waals surface area contributed by atoms with Crippen LogP contribution in [0, 0.1) is 17.5 Å². The lowest BCUT2D eigenvalue weighted by Gasteiger charge is -2.08. The van der Waals surface area contributed by atoms with Crippen molar-refractivity contribution in [3.05, 3.63) is 59.4 Å². The minimum atomic E-state index is -0.987. The van der Waals surface area contributed by atoms with E-state index in [1.807, 2.05) is 0 Å². The maximum atomic E-state index is 12.9. The van der Waals surface area contributed by atoms with Gasteiger partial charge >= 0.3 is 0 Å². The third kappa shape index (κ3) is 2.74. The van der Waals surface area contributed by atoms with Gasteiger partial charge in [-0.25, -0.2) is 13.2 Å². The lowest BCUT2D eigenvalue weighted by Crippen LogP contribution is -2.01. The number of nitrogens with two attached hydrogens (primary N) is 1. The van der Waals surface area contributed by atoms with Crippen LogP contribution in [0.1, 0.15) is 5.56 Å². The summed E-state index contributed by atoms with van der Waals surface area (Å²) in [6, 6.07) is 7.11. The summed E-state index contributed by atoms with van der Waals surface area (Å²) in [6.45, 7) is 0.0528. The molecule has 0 unspecified atom stereocenters. The van der Waals surface area contributed by atoms with Crippen LogP contribution >= 0.6 is 0 Å². The van der Waals surface area contributed by atoms with Gasteiger partial charge in [-0.3, -0.25) is 0 Å². The first-order chi connectivity index (χ1) is 8.56. The number of hydrogen-bond donors (Lipinski definition) is 1. The SMILES string of the molecule is Nc1cc(F)ccc1COc1ccc(F)c(F)c1. The Kier molecular flexibility index (Phi) is 3.41. The van der Waals surface area contributed by atoms with Gasteiger partial charge in [-0.1, -0.05) is 6.07 Å².